The zero-order valence-corrected chi connectivity index (χ0v) is 16.9. The predicted octanol–water partition coefficient (Wildman–Crippen LogP) is 4.13. The first-order chi connectivity index (χ1) is 9.81. The van der Waals surface area contributed by atoms with Gasteiger partial charge >= 0.3 is 0 Å². The number of halogens is 3. The van der Waals surface area contributed by atoms with Gasteiger partial charge in [0.1, 0.15) is 0 Å². The maximum Gasteiger partial charge on any atom is 0.189 e. The van der Waals surface area contributed by atoms with Gasteiger partial charge in [-0.15, -0.1) is 24.0 Å². The van der Waals surface area contributed by atoms with Gasteiger partial charge in [-0.25, -0.2) is 0 Å². The molecule has 7 heteroatoms. The minimum atomic E-state index is -0.798. The average Bonchev–Trinajstić information content (AvgIpc) is 2.44. The van der Waals surface area contributed by atoms with Gasteiger partial charge in [0.15, 0.2) is 5.96 Å². The molecule has 126 valence electrons. The monoisotopic (exact) mass is 459 g/mol. The lowest BCUT2D eigenvalue weighted by Gasteiger charge is -2.23. The Morgan fingerprint density at radius 2 is 1.95 bits per heavy atom. The molecule has 0 saturated carbocycles. The molecule has 0 amide bonds. The van der Waals surface area contributed by atoms with Crippen LogP contribution in [0.5, 0.6) is 0 Å². The van der Waals surface area contributed by atoms with Crippen LogP contribution in [0.4, 0.5) is 0 Å². The second kappa shape index (κ2) is 9.80. The summed E-state index contributed by atoms with van der Waals surface area (Å²) in [6.07, 6.45) is 1.28. The number of nitrogens with zero attached hydrogens (tertiary/aromatic N) is 1. The number of nitrogens with two attached hydrogens (primary N) is 1. The van der Waals surface area contributed by atoms with Crippen LogP contribution >= 0.6 is 47.2 Å². The lowest BCUT2D eigenvalue weighted by Crippen LogP contribution is -2.37. The normalized spacial score (nSPS) is 13.5. The highest BCUT2D eigenvalue weighted by molar-refractivity contribution is 14.0. The Labute approximate surface area is 159 Å². The molecule has 4 N–H and O–H groups in total. The van der Waals surface area contributed by atoms with E-state index in [-0.39, 0.29) is 42.5 Å². The average molecular weight is 460 g/mol. The minimum Gasteiger partial charge on any atom is -0.388 e. The van der Waals surface area contributed by atoms with E-state index in [2.05, 4.69) is 10.3 Å². The topological polar surface area (TPSA) is 70.6 Å². The second-order valence-corrected chi connectivity index (χ2v) is 6.01. The molecular formula is C15H24Cl2IN3O. The predicted molar refractivity (Wildman–Crippen MR) is 105 cm³/mol. The van der Waals surface area contributed by atoms with Gasteiger partial charge in [-0.2, -0.15) is 0 Å². The van der Waals surface area contributed by atoms with Crippen molar-refractivity contribution in [3.05, 3.63) is 33.8 Å². The van der Waals surface area contributed by atoms with Gasteiger partial charge in [-0.3, -0.25) is 4.99 Å². The molecule has 1 rings (SSSR count). The van der Waals surface area contributed by atoms with Crippen molar-refractivity contribution in [1.29, 1.82) is 0 Å². The van der Waals surface area contributed by atoms with Crippen LogP contribution in [0.2, 0.25) is 10.0 Å². The number of benzene rings is 1. The fourth-order valence-corrected chi connectivity index (χ4v) is 2.48. The second-order valence-electron chi connectivity index (χ2n) is 5.16. The maximum atomic E-state index is 10.2. The summed E-state index contributed by atoms with van der Waals surface area (Å²) in [7, 11) is 0. The third-order valence-electron chi connectivity index (χ3n) is 3.65. The summed E-state index contributed by atoms with van der Waals surface area (Å²) in [5.74, 6) is 0.286. The molecule has 0 bridgehead atoms. The van der Waals surface area contributed by atoms with E-state index < -0.39 is 5.60 Å². The molecule has 1 aromatic carbocycles. The SMILES string of the molecule is CCC(O)(CC)CN=C(N)NC(C)c1ccc(Cl)cc1Cl.I. The summed E-state index contributed by atoms with van der Waals surface area (Å²) in [6.45, 7) is 6.07. The highest BCUT2D eigenvalue weighted by Crippen LogP contribution is 2.26. The zero-order chi connectivity index (χ0) is 16.0. The van der Waals surface area contributed by atoms with Crippen molar-refractivity contribution in [3.8, 4) is 0 Å². The summed E-state index contributed by atoms with van der Waals surface area (Å²) in [5.41, 5.74) is 5.96. The molecule has 0 saturated heterocycles. The molecule has 4 nitrogen and oxygen atoms in total. The van der Waals surface area contributed by atoms with Crippen LogP contribution in [0.25, 0.3) is 0 Å². The first-order valence-corrected chi connectivity index (χ1v) is 7.80. The molecule has 0 heterocycles. The standard InChI is InChI=1S/C15H23Cl2N3O.HI/c1-4-15(21,5-2)9-19-14(18)20-10(3)12-7-6-11(16)8-13(12)17;/h6-8,10,21H,4-5,9H2,1-3H3,(H3,18,19,20);1H. The van der Waals surface area contributed by atoms with Crippen LogP contribution in [-0.4, -0.2) is 23.2 Å². The lowest BCUT2D eigenvalue weighted by molar-refractivity contribution is 0.0418. The fourth-order valence-electron chi connectivity index (χ4n) is 1.90. The lowest BCUT2D eigenvalue weighted by atomic mass is 9.98. The zero-order valence-electron chi connectivity index (χ0n) is 13.1. The largest absolute Gasteiger partial charge is 0.388 e. The van der Waals surface area contributed by atoms with Crippen LogP contribution in [0.1, 0.15) is 45.2 Å². The smallest absolute Gasteiger partial charge is 0.189 e. The van der Waals surface area contributed by atoms with Crippen molar-refractivity contribution in [3.63, 3.8) is 0 Å². The van der Waals surface area contributed by atoms with Crippen LogP contribution < -0.4 is 11.1 Å². The van der Waals surface area contributed by atoms with E-state index in [1.165, 1.54) is 0 Å². The van der Waals surface area contributed by atoms with Crippen LogP contribution in [0.15, 0.2) is 23.2 Å². The van der Waals surface area contributed by atoms with Crippen LogP contribution in [0.3, 0.4) is 0 Å². The molecule has 0 aliphatic heterocycles. The highest BCUT2D eigenvalue weighted by Gasteiger charge is 2.21. The van der Waals surface area contributed by atoms with E-state index >= 15 is 0 Å². The van der Waals surface area contributed by atoms with Crippen molar-refractivity contribution < 1.29 is 5.11 Å². The Bertz CT molecular complexity index is 508. The number of rotatable bonds is 6. The van der Waals surface area contributed by atoms with Gasteiger partial charge < -0.3 is 16.2 Å². The van der Waals surface area contributed by atoms with Crippen molar-refractivity contribution >= 4 is 53.1 Å². The van der Waals surface area contributed by atoms with E-state index in [9.17, 15) is 5.11 Å². The van der Waals surface area contributed by atoms with Gasteiger partial charge in [-0.1, -0.05) is 43.1 Å². The number of nitrogens with one attached hydrogen (secondary N) is 1. The number of hydrogen-bond acceptors (Lipinski definition) is 2. The minimum absolute atomic E-state index is 0. The third-order valence-corrected chi connectivity index (χ3v) is 4.22. The van der Waals surface area contributed by atoms with Crippen molar-refractivity contribution in [2.45, 2.75) is 45.3 Å². The molecule has 0 aliphatic carbocycles. The number of hydrogen-bond donors (Lipinski definition) is 3. The molecule has 0 aromatic heterocycles. The molecule has 0 radical (unpaired) electrons. The first kappa shape index (κ1) is 21.8. The Hall–Kier alpha value is -0.240. The van der Waals surface area contributed by atoms with Crippen molar-refractivity contribution in [1.82, 2.24) is 5.32 Å². The molecule has 1 unspecified atom stereocenters. The van der Waals surface area contributed by atoms with E-state index in [1.807, 2.05) is 26.8 Å². The third kappa shape index (κ3) is 6.48. The number of aliphatic imine (C=N–C) groups is 1. The Morgan fingerprint density at radius 1 is 1.36 bits per heavy atom. The first-order valence-electron chi connectivity index (χ1n) is 7.05. The van der Waals surface area contributed by atoms with Crippen LogP contribution in [0, 0.1) is 0 Å². The molecule has 0 fully saturated rings. The van der Waals surface area contributed by atoms with Crippen molar-refractivity contribution in [2.75, 3.05) is 6.54 Å². The summed E-state index contributed by atoms with van der Waals surface area (Å²) >= 11 is 12.0. The van der Waals surface area contributed by atoms with Gasteiger partial charge in [0.25, 0.3) is 0 Å². The quantitative estimate of drug-likeness (QED) is 0.340. The van der Waals surface area contributed by atoms with Crippen molar-refractivity contribution in [2.24, 2.45) is 10.7 Å². The summed E-state index contributed by atoms with van der Waals surface area (Å²) in [5, 5.41) is 14.4. The summed E-state index contributed by atoms with van der Waals surface area (Å²) in [6, 6.07) is 5.22. The van der Waals surface area contributed by atoms with E-state index in [0.717, 1.165) is 5.56 Å². The Morgan fingerprint density at radius 3 is 2.45 bits per heavy atom. The van der Waals surface area contributed by atoms with Gasteiger partial charge in [0, 0.05) is 10.0 Å². The Kier molecular flexibility index (Phi) is 9.69. The highest BCUT2D eigenvalue weighted by atomic mass is 127. The number of guanidine groups is 1. The molecule has 1 aromatic rings. The van der Waals surface area contributed by atoms with E-state index in [4.69, 9.17) is 28.9 Å². The fraction of sp³-hybridized carbons (Fsp3) is 0.533. The molecule has 0 spiro atoms. The molecule has 1 atom stereocenters. The number of aliphatic hydroxyl groups is 1. The van der Waals surface area contributed by atoms with Gasteiger partial charge in [0.2, 0.25) is 0 Å². The van der Waals surface area contributed by atoms with Gasteiger partial charge in [0.05, 0.1) is 18.2 Å². The van der Waals surface area contributed by atoms with E-state index in [0.29, 0.717) is 22.9 Å². The molecule has 22 heavy (non-hydrogen) atoms. The summed E-state index contributed by atoms with van der Waals surface area (Å²) in [4.78, 5) is 4.21. The Balaban J connectivity index is 0.00000441. The van der Waals surface area contributed by atoms with E-state index in [1.54, 1.807) is 12.1 Å². The summed E-state index contributed by atoms with van der Waals surface area (Å²) < 4.78 is 0. The van der Waals surface area contributed by atoms with Gasteiger partial charge in [-0.05, 0) is 37.5 Å². The molecule has 0 aliphatic rings. The molecular weight excluding hydrogens is 436 g/mol. The maximum absolute atomic E-state index is 10.2. The van der Waals surface area contributed by atoms with Crippen LogP contribution in [-0.2, 0) is 0 Å².